The summed E-state index contributed by atoms with van der Waals surface area (Å²) < 4.78 is 0. The molecule has 0 heterocycles. The standard InChI is InChI=1S/C18H38ClNO.ClH/c1-3-4-5-6-7-8-9-10-11-12-13-20-16-17(2)14-18(21)15-19;/h17-18,20-21H,3-16H2,1-2H3;1H. The minimum absolute atomic E-state index is 0. The molecule has 4 heteroatoms. The molecule has 2 unspecified atom stereocenters. The minimum atomic E-state index is -0.346. The summed E-state index contributed by atoms with van der Waals surface area (Å²) in [5, 5.41) is 12.9. The Kier molecular flexibility index (Phi) is 22.0. The molecule has 0 aliphatic carbocycles. The van der Waals surface area contributed by atoms with E-state index in [4.69, 9.17) is 11.6 Å². The number of hydrogen-bond donors (Lipinski definition) is 2. The molecule has 0 aliphatic rings. The number of hydrogen-bond acceptors (Lipinski definition) is 2. The lowest BCUT2D eigenvalue weighted by atomic mass is 10.0. The smallest absolute Gasteiger partial charge is 0.0678 e. The zero-order valence-electron chi connectivity index (χ0n) is 14.8. The van der Waals surface area contributed by atoms with Crippen LogP contribution in [0.15, 0.2) is 0 Å². The van der Waals surface area contributed by atoms with E-state index < -0.39 is 0 Å². The molecule has 0 spiro atoms. The van der Waals surface area contributed by atoms with Gasteiger partial charge in [-0.1, -0.05) is 71.6 Å². The zero-order valence-corrected chi connectivity index (χ0v) is 16.4. The van der Waals surface area contributed by atoms with Crippen LogP contribution in [-0.4, -0.2) is 30.2 Å². The predicted molar refractivity (Wildman–Crippen MR) is 102 cm³/mol. The molecule has 22 heavy (non-hydrogen) atoms. The summed E-state index contributed by atoms with van der Waals surface area (Å²) >= 11 is 5.61. The van der Waals surface area contributed by atoms with Crippen LogP contribution in [0.4, 0.5) is 0 Å². The third-order valence-electron chi connectivity index (χ3n) is 4.05. The maximum atomic E-state index is 9.46. The lowest BCUT2D eigenvalue weighted by Crippen LogP contribution is -2.25. The molecular weight excluding hydrogens is 317 g/mol. The second-order valence-corrected chi connectivity index (χ2v) is 6.84. The Labute approximate surface area is 150 Å². The quantitative estimate of drug-likeness (QED) is 0.281. The van der Waals surface area contributed by atoms with Gasteiger partial charge in [-0.25, -0.2) is 0 Å². The highest BCUT2D eigenvalue weighted by Crippen LogP contribution is 2.10. The van der Waals surface area contributed by atoms with Gasteiger partial charge in [0.2, 0.25) is 0 Å². The fourth-order valence-electron chi connectivity index (χ4n) is 2.70. The summed E-state index contributed by atoms with van der Waals surface area (Å²) in [6.45, 7) is 6.54. The van der Waals surface area contributed by atoms with Crippen molar-refractivity contribution in [3.63, 3.8) is 0 Å². The van der Waals surface area contributed by atoms with Gasteiger partial charge < -0.3 is 10.4 Å². The molecule has 0 radical (unpaired) electrons. The number of aliphatic hydroxyl groups is 1. The Morgan fingerprint density at radius 2 is 1.41 bits per heavy atom. The zero-order chi connectivity index (χ0) is 15.8. The summed E-state index contributed by atoms with van der Waals surface area (Å²) in [5.74, 6) is 0.852. The number of alkyl halides is 1. The summed E-state index contributed by atoms with van der Waals surface area (Å²) in [5.41, 5.74) is 0. The van der Waals surface area contributed by atoms with Gasteiger partial charge in [0.15, 0.2) is 0 Å². The van der Waals surface area contributed by atoms with Crippen LogP contribution < -0.4 is 5.32 Å². The number of aliphatic hydroxyl groups excluding tert-OH is 1. The molecule has 0 bridgehead atoms. The van der Waals surface area contributed by atoms with E-state index in [-0.39, 0.29) is 18.5 Å². The Balaban J connectivity index is 0. The van der Waals surface area contributed by atoms with Crippen LogP contribution in [0.3, 0.4) is 0 Å². The maximum absolute atomic E-state index is 9.46. The average Bonchev–Trinajstić information content (AvgIpc) is 2.48. The first-order chi connectivity index (χ1) is 10.2. The predicted octanol–water partition coefficient (Wildman–Crippen LogP) is 5.54. The van der Waals surface area contributed by atoms with Crippen LogP contribution in [0.25, 0.3) is 0 Å². The average molecular weight is 356 g/mol. The molecule has 136 valence electrons. The molecule has 0 aromatic heterocycles. The normalized spacial score (nSPS) is 13.6. The van der Waals surface area contributed by atoms with Crippen molar-refractivity contribution in [2.75, 3.05) is 19.0 Å². The van der Waals surface area contributed by atoms with Crippen LogP contribution in [0, 0.1) is 5.92 Å². The number of unbranched alkanes of at least 4 members (excludes halogenated alkanes) is 9. The Morgan fingerprint density at radius 1 is 0.909 bits per heavy atom. The Morgan fingerprint density at radius 3 is 1.91 bits per heavy atom. The molecule has 2 N–H and O–H groups in total. The van der Waals surface area contributed by atoms with Crippen LogP contribution in [0.2, 0.25) is 0 Å². The van der Waals surface area contributed by atoms with Gasteiger partial charge in [-0.3, -0.25) is 0 Å². The van der Waals surface area contributed by atoms with Crippen LogP contribution in [0.5, 0.6) is 0 Å². The number of halogens is 2. The lowest BCUT2D eigenvalue weighted by Gasteiger charge is -2.15. The van der Waals surface area contributed by atoms with Crippen molar-refractivity contribution in [3.05, 3.63) is 0 Å². The van der Waals surface area contributed by atoms with Gasteiger partial charge in [-0.2, -0.15) is 0 Å². The van der Waals surface area contributed by atoms with Gasteiger partial charge in [0.05, 0.1) is 6.10 Å². The van der Waals surface area contributed by atoms with Gasteiger partial charge in [0.1, 0.15) is 0 Å². The van der Waals surface area contributed by atoms with Gasteiger partial charge in [-0.05, 0) is 31.8 Å². The molecule has 0 aromatic rings. The van der Waals surface area contributed by atoms with Crippen molar-refractivity contribution in [1.29, 1.82) is 0 Å². The second-order valence-electron chi connectivity index (χ2n) is 6.54. The molecule has 0 fully saturated rings. The third-order valence-corrected chi connectivity index (χ3v) is 4.41. The highest BCUT2D eigenvalue weighted by Gasteiger charge is 2.08. The van der Waals surface area contributed by atoms with Crippen molar-refractivity contribution in [2.45, 2.75) is 90.6 Å². The van der Waals surface area contributed by atoms with Gasteiger partial charge in [-0.15, -0.1) is 24.0 Å². The molecule has 2 atom stereocenters. The van der Waals surface area contributed by atoms with Crippen LogP contribution >= 0.6 is 24.0 Å². The number of rotatable bonds is 16. The molecule has 0 saturated heterocycles. The SMILES string of the molecule is CCCCCCCCCCCCNCC(C)CC(O)CCl.Cl. The van der Waals surface area contributed by atoms with Gasteiger partial charge in [0, 0.05) is 5.88 Å². The first kappa shape index (κ1) is 24.7. The highest BCUT2D eigenvalue weighted by molar-refractivity contribution is 6.18. The molecule has 0 amide bonds. The van der Waals surface area contributed by atoms with Gasteiger partial charge >= 0.3 is 0 Å². The van der Waals surface area contributed by atoms with E-state index in [1.165, 1.54) is 64.2 Å². The molecular formula is C18H39Cl2NO. The van der Waals surface area contributed by atoms with Crippen molar-refractivity contribution in [3.8, 4) is 0 Å². The summed E-state index contributed by atoms with van der Waals surface area (Å²) in [4.78, 5) is 0. The third kappa shape index (κ3) is 18.5. The maximum Gasteiger partial charge on any atom is 0.0678 e. The first-order valence-corrected chi connectivity index (χ1v) is 9.68. The van der Waals surface area contributed by atoms with E-state index in [2.05, 4.69) is 19.2 Å². The van der Waals surface area contributed by atoms with E-state index in [9.17, 15) is 5.11 Å². The molecule has 2 nitrogen and oxygen atoms in total. The monoisotopic (exact) mass is 355 g/mol. The molecule has 0 aromatic carbocycles. The largest absolute Gasteiger partial charge is 0.392 e. The minimum Gasteiger partial charge on any atom is -0.392 e. The van der Waals surface area contributed by atoms with E-state index in [0.29, 0.717) is 11.8 Å². The van der Waals surface area contributed by atoms with E-state index in [1.807, 2.05) is 0 Å². The van der Waals surface area contributed by atoms with Crippen molar-refractivity contribution in [2.24, 2.45) is 5.92 Å². The fraction of sp³-hybridized carbons (Fsp3) is 1.00. The van der Waals surface area contributed by atoms with Crippen molar-refractivity contribution in [1.82, 2.24) is 5.32 Å². The van der Waals surface area contributed by atoms with E-state index >= 15 is 0 Å². The van der Waals surface area contributed by atoms with Crippen molar-refractivity contribution >= 4 is 24.0 Å². The highest BCUT2D eigenvalue weighted by atomic mass is 35.5. The summed E-state index contributed by atoms with van der Waals surface area (Å²) in [6, 6.07) is 0. The molecule has 0 aliphatic heterocycles. The molecule has 0 rings (SSSR count). The fourth-order valence-corrected chi connectivity index (χ4v) is 2.82. The van der Waals surface area contributed by atoms with E-state index in [0.717, 1.165) is 19.5 Å². The second kappa shape index (κ2) is 19.5. The van der Waals surface area contributed by atoms with Crippen LogP contribution in [0.1, 0.15) is 84.5 Å². The first-order valence-electron chi connectivity index (χ1n) is 9.15. The summed E-state index contributed by atoms with van der Waals surface area (Å²) in [7, 11) is 0. The van der Waals surface area contributed by atoms with Crippen molar-refractivity contribution < 1.29 is 5.11 Å². The Hall–Kier alpha value is 0.500. The van der Waals surface area contributed by atoms with E-state index in [1.54, 1.807) is 0 Å². The topological polar surface area (TPSA) is 32.3 Å². The Bertz CT molecular complexity index is 206. The molecule has 0 saturated carbocycles. The van der Waals surface area contributed by atoms with Crippen LogP contribution in [-0.2, 0) is 0 Å². The number of nitrogens with one attached hydrogen (secondary N) is 1. The summed E-state index contributed by atoms with van der Waals surface area (Å²) in [6.07, 6.45) is 14.3. The lowest BCUT2D eigenvalue weighted by molar-refractivity contribution is 0.166. The van der Waals surface area contributed by atoms with Gasteiger partial charge in [0.25, 0.3) is 0 Å².